The van der Waals surface area contributed by atoms with Crippen LogP contribution in [0.15, 0.2) is 34.7 Å². The van der Waals surface area contributed by atoms with Gasteiger partial charge in [0.05, 0.1) is 6.04 Å². The van der Waals surface area contributed by atoms with Gasteiger partial charge in [-0.25, -0.2) is 0 Å². The molecule has 1 aliphatic rings. The van der Waals surface area contributed by atoms with E-state index < -0.39 is 0 Å². The van der Waals surface area contributed by atoms with Crippen LogP contribution in [0.5, 0.6) is 0 Å². The zero-order valence-electron chi connectivity index (χ0n) is 12.1. The molecule has 0 saturated heterocycles. The summed E-state index contributed by atoms with van der Waals surface area (Å²) in [5, 5.41) is 3.35. The van der Waals surface area contributed by atoms with Crippen molar-refractivity contribution in [2.45, 2.75) is 31.9 Å². The molecular formula is C17H21NO2. The van der Waals surface area contributed by atoms with Gasteiger partial charge < -0.3 is 14.5 Å². The van der Waals surface area contributed by atoms with Gasteiger partial charge in [0, 0.05) is 7.11 Å². The number of fused-ring (bicyclic) bond motifs is 1. The van der Waals surface area contributed by atoms with Crippen molar-refractivity contribution < 1.29 is 9.15 Å². The van der Waals surface area contributed by atoms with Crippen molar-refractivity contribution in [3.63, 3.8) is 0 Å². The molecule has 1 aromatic heterocycles. The largest absolute Gasteiger partial charge is 0.462 e. The van der Waals surface area contributed by atoms with Crippen LogP contribution in [0, 0.1) is 0 Å². The van der Waals surface area contributed by atoms with Gasteiger partial charge in [0.1, 0.15) is 18.1 Å². The highest BCUT2D eigenvalue weighted by molar-refractivity contribution is 5.38. The van der Waals surface area contributed by atoms with Crippen LogP contribution in [0.3, 0.4) is 0 Å². The van der Waals surface area contributed by atoms with Gasteiger partial charge in [-0.1, -0.05) is 18.2 Å². The van der Waals surface area contributed by atoms with E-state index in [0.717, 1.165) is 11.5 Å². The monoisotopic (exact) mass is 271 g/mol. The summed E-state index contributed by atoms with van der Waals surface area (Å²) in [6.07, 6.45) is 3.70. The normalized spacial score (nSPS) is 15.3. The lowest BCUT2D eigenvalue weighted by molar-refractivity contribution is 0.162. The molecule has 0 saturated carbocycles. The maximum Gasteiger partial charge on any atom is 0.129 e. The number of nitrogens with one attached hydrogen (secondary N) is 1. The summed E-state index contributed by atoms with van der Waals surface area (Å²) >= 11 is 0. The molecule has 106 valence electrons. The summed E-state index contributed by atoms with van der Waals surface area (Å²) in [4.78, 5) is 0. The molecule has 3 rings (SSSR count). The molecule has 0 aliphatic heterocycles. The predicted octanol–water partition coefficient (Wildman–Crippen LogP) is 3.22. The minimum atomic E-state index is 0.103. The van der Waals surface area contributed by atoms with E-state index in [1.807, 2.05) is 19.2 Å². The van der Waals surface area contributed by atoms with Crippen molar-refractivity contribution in [2.24, 2.45) is 0 Å². The molecule has 0 radical (unpaired) electrons. The van der Waals surface area contributed by atoms with E-state index in [9.17, 15) is 0 Å². The molecule has 1 heterocycles. The molecule has 20 heavy (non-hydrogen) atoms. The molecule has 0 spiro atoms. The Hall–Kier alpha value is -1.58. The van der Waals surface area contributed by atoms with Crippen molar-refractivity contribution >= 4 is 0 Å². The first-order valence-corrected chi connectivity index (χ1v) is 7.18. The number of ether oxygens (including phenoxy) is 1. The lowest BCUT2D eigenvalue weighted by Gasteiger charge is -2.15. The fraction of sp³-hybridized carbons (Fsp3) is 0.412. The van der Waals surface area contributed by atoms with Gasteiger partial charge in [-0.3, -0.25) is 0 Å². The molecular weight excluding hydrogens is 250 g/mol. The van der Waals surface area contributed by atoms with E-state index in [1.165, 1.54) is 36.0 Å². The van der Waals surface area contributed by atoms with Crippen LogP contribution in [0.4, 0.5) is 0 Å². The summed E-state index contributed by atoms with van der Waals surface area (Å²) in [6, 6.07) is 10.9. The van der Waals surface area contributed by atoms with Crippen molar-refractivity contribution in [1.82, 2.24) is 5.32 Å². The number of hydrogen-bond donors (Lipinski definition) is 1. The maximum atomic E-state index is 5.86. The molecule has 3 heteroatoms. The van der Waals surface area contributed by atoms with Crippen molar-refractivity contribution in [1.29, 1.82) is 0 Å². The third-order valence-electron chi connectivity index (χ3n) is 4.00. The van der Waals surface area contributed by atoms with E-state index >= 15 is 0 Å². The van der Waals surface area contributed by atoms with Gasteiger partial charge in [0.2, 0.25) is 0 Å². The van der Waals surface area contributed by atoms with Crippen LogP contribution in [0.2, 0.25) is 0 Å². The minimum absolute atomic E-state index is 0.103. The third kappa shape index (κ3) is 2.51. The number of hydrogen-bond acceptors (Lipinski definition) is 3. The Morgan fingerprint density at radius 2 is 2.05 bits per heavy atom. The van der Waals surface area contributed by atoms with Gasteiger partial charge >= 0.3 is 0 Å². The van der Waals surface area contributed by atoms with E-state index in [2.05, 4.69) is 23.5 Å². The highest BCUT2D eigenvalue weighted by Gasteiger charge is 2.19. The number of rotatable bonds is 5. The third-order valence-corrected chi connectivity index (χ3v) is 4.00. The number of furan rings is 1. The number of benzene rings is 1. The molecule has 1 atom stereocenters. The SMILES string of the molecule is CNC(c1ccc2c(c1)CCC2)c1ccc(COC)o1. The Bertz CT molecular complexity index is 588. The van der Waals surface area contributed by atoms with Crippen LogP contribution in [0.1, 0.15) is 40.7 Å². The topological polar surface area (TPSA) is 34.4 Å². The zero-order valence-corrected chi connectivity index (χ0v) is 12.1. The molecule has 0 bridgehead atoms. The Kier molecular flexibility index (Phi) is 3.90. The lowest BCUT2D eigenvalue weighted by atomic mass is 10.00. The fourth-order valence-electron chi connectivity index (χ4n) is 3.01. The minimum Gasteiger partial charge on any atom is -0.462 e. The highest BCUT2D eigenvalue weighted by atomic mass is 16.5. The Labute approximate surface area is 119 Å². The predicted molar refractivity (Wildman–Crippen MR) is 78.8 cm³/mol. The van der Waals surface area contributed by atoms with Gasteiger partial charge in [0.15, 0.2) is 0 Å². The van der Waals surface area contributed by atoms with E-state index in [0.29, 0.717) is 6.61 Å². The highest BCUT2D eigenvalue weighted by Crippen LogP contribution is 2.29. The van der Waals surface area contributed by atoms with Gasteiger partial charge in [-0.2, -0.15) is 0 Å². The van der Waals surface area contributed by atoms with Crippen molar-refractivity contribution in [3.8, 4) is 0 Å². The number of aryl methyl sites for hydroxylation is 2. The maximum absolute atomic E-state index is 5.86. The van der Waals surface area contributed by atoms with E-state index in [4.69, 9.17) is 9.15 Å². The first-order valence-electron chi connectivity index (χ1n) is 7.18. The summed E-state index contributed by atoms with van der Waals surface area (Å²) in [6.45, 7) is 0.515. The molecule has 3 nitrogen and oxygen atoms in total. The van der Waals surface area contributed by atoms with Crippen LogP contribution in [0.25, 0.3) is 0 Å². The van der Waals surface area contributed by atoms with Gasteiger partial charge in [-0.05, 0) is 55.1 Å². The van der Waals surface area contributed by atoms with E-state index in [1.54, 1.807) is 7.11 Å². The fourth-order valence-corrected chi connectivity index (χ4v) is 3.01. The van der Waals surface area contributed by atoms with Gasteiger partial charge in [-0.15, -0.1) is 0 Å². The molecule has 1 aromatic carbocycles. The summed E-state index contributed by atoms with van der Waals surface area (Å²) in [7, 11) is 3.65. The lowest BCUT2D eigenvalue weighted by Crippen LogP contribution is -2.17. The summed E-state index contributed by atoms with van der Waals surface area (Å²) in [5.41, 5.74) is 4.26. The van der Waals surface area contributed by atoms with Crippen molar-refractivity contribution in [3.05, 3.63) is 58.5 Å². The number of methoxy groups -OCH3 is 1. The average Bonchev–Trinajstić information content (AvgIpc) is 3.09. The molecule has 1 unspecified atom stereocenters. The first-order chi connectivity index (χ1) is 9.81. The Morgan fingerprint density at radius 1 is 1.20 bits per heavy atom. The first kappa shape index (κ1) is 13.4. The zero-order chi connectivity index (χ0) is 13.9. The van der Waals surface area contributed by atoms with Gasteiger partial charge in [0.25, 0.3) is 0 Å². The molecule has 1 N–H and O–H groups in total. The second kappa shape index (κ2) is 5.81. The summed E-state index contributed by atoms with van der Waals surface area (Å²) in [5.74, 6) is 1.81. The second-order valence-corrected chi connectivity index (χ2v) is 5.34. The van der Waals surface area contributed by atoms with Crippen LogP contribution >= 0.6 is 0 Å². The molecule has 0 amide bonds. The van der Waals surface area contributed by atoms with Crippen LogP contribution < -0.4 is 5.32 Å². The Balaban J connectivity index is 1.88. The van der Waals surface area contributed by atoms with E-state index in [-0.39, 0.29) is 6.04 Å². The molecule has 2 aromatic rings. The quantitative estimate of drug-likeness (QED) is 0.906. The summed E-state index contributed by atoms with van der Waals surface area (Å²) < 4.78 is 11.0. The standard InChI is InChI=1S/C17H21NO2/c1-18-17(16-9-8-15(20-16)11-19-2)14-7-6-12-4-3-5-13(12)10-14/h6-10,17-18H,3-5,11H2,1-2H3. The smallest absolute Gasteiger partial charge is 0.129 e. The Morgan fingerprint density at radius 3 is 2.85 bits per heavy atom. The molecule has 0 fully saturated rings. The average molecular weight is 271 g/mol. The van der Waals surface area contributed by atoms with Crippen LogP contribution in [-0.4, -0.2) is 14.2 Å². The molecule has 1 aliphatic carbocycles. The van der Waals surface area contributed by atoms with Crippen molar-refractivity contribution in [2.75, 3.05) is 14.2 Å². The van der Waals surface area contributed by atoms with Crippen LogP contribution in [-0.2, 0) is 24.2 Å². The second-order valence-electron chi connectivity index (χ2n) is 5.34.